The monoisotopic (exact) mass is 525 g/mol. The number of nitrogens with one attached hydrogen (secondary N) is 1. The summed E-state index contributed by atoms with van der Waals surface area (Å²) in [5.41, 5.74) is 3.94. The number of carbonyl (C=O) groups is 2. The molecule has 1 N–H and O–H groups in total. The van der Waals surface area contributed by atoms with Crippen LogP contribution >= 0.6 is 0 Å². The van der Waals surface area contributed by atoms with Gasteiger partial charge in [0, 0.05) is 49.1 Å². The Kier molecular flexibility index (Phi) is 7.17. The fourth-order valence-corrected chi connectivity index (χ4v) is 5.32. The number of amides is 2. The quantitative estimate of drug-likeness (QED) is 0.275. The molecule has 0 spiro atoms. The Hall–Kier alpha value is -4.50. The molecule has 2 amide bonds. The average Bonchev–Trinajstić information content (AvgIpc) is 3.23. The van der Waals surface area contributed by atoms with Crippen molar-refractivity contribution in [2.75, 3.05) is 42.3 Å². The van der Waals surface area contributed by atoms with E-state index in [-0.39, 0.29) is 16.9 Å². The van der Waals surface area contributed by atoms with Gasteiger partial charge < -0.3 is 15.1 Å². The zero-order valence-electron chi connectivity index (χ0n) is 22.3. The molecule has 0 bridgehead atoms. The smallest absolute Gasteiger partial charge is 0.271 e. The van der Waals surface area contributed by atoms with Crippen molar-refractivity contribution in [1.82, 2.24) is 4.90 Å². The van der Waals surface area contributed by atoms with E-state index in [0.29, 0.717) is 17.3 Å². The number of nitrogens with zero attached hydrogens (tertiary/aromatic N) is 4. The van der Waals surface area contributed by atoms with Crippen molar-refractivity contribution < 1.29 is 14.5 Å². The number of imide groups is 1. The van der Waals surface area contributed by atoms with Gasteiger partial charge in [-0.2, -0.15) is 0 Å². The van der Waals surface area contributed by atoms with Crippen molar-refractivity contribution in [2.24, 2.45) is 0 Å². The van der Waals surface area contributed by atoms with Gasteiger partial charge in [-0.1, -0.05) is 30.3 Å². The molecule has 3 aromatic rings. The van der Waals surface area contributed by atoms with Gasteiger partial charge in [0.2, 0.25) is 5.91 Å². The molecule has 3 aromatic carbocycles. The summed E-state index contributed by atoms with van der Waals surface area (Å²) in [4.78, 5) is 42.7. The molecule has 0 saturated carbocycles. The van der Waals surface area contributed by atoms with E-state index in [1.807, 2.05) is 42.5 Å². The number of anilines is 3. The highest BCUT2D eigenvalue weighted by Gasteiger charge is 2.38. The van der Waals surface area contributed by atoms with E-state index in [1.165, 1.54) is 25.1 Å². The fraction of sp³-hybridized carbons (Fsp3) is 0.267. The molecule has 9 heteroatoms. The molecule has 0 aromatic heterocycles. The van der Waals surface area contributed by atoms with Crippen LogP contribution in [0.15, 0.2) is 72.8 Å². The lowest BCUT2D eigenvalue weighted by Crippen LogP contribution is -2.41. The number of non-ortho nitro benzene ring substituents is 1. The Morgan fingerprint density at radius 1 is 1.03 bits per heavy atom. The maximum absolute atomic E-state index is 13.7. The van der Waals surface area contributed by atoms with Crippen LogP contribution in [0.2, 0.25) is 0 Å². The SMILES string of the molecule is CC(=O)N1C(=O)/C(=C(\Nc2ccc(N(C)C3CCN(C)CC3)cc2)c2ccccc2)c2ccc([N+](=O)[O-])cc21. The number of rotatable bonds is 6. The van der Waals surface area contributed by atoms with Gasteiger partial charge in [-0.3, -0.25) is 19.7 Å². The van der Waals surface area contributed by atoms with E-state index in [4.69, 9.17) is 0 Å². The van der Waals surface area contributed by atoms with Gasteiger partial charge in [0.25, 0.3) is 11.6 Å². The van der Waals surface area contributed by atoms with Crippen LogP contribution in [-0.4, -0.2) is 54.9 Å². The number of piperidine rings is 1. The van der Waals surface area contributed by atoms with Crippen molar-refractivity contribution in [3.8, 4) is 0 Å². The number of nitro benzene ring substituents is 1. The minimum atomic E-state index is -0.536. The third-order valence-corrected chi connectivity index (χ3v) is 7.53. The van der Waals surface area contributed by atoms with Gasteiger partial charge in [-0.25, -0.2) is 4.90 Å². The van der Waals surface area contributed by atoms with Gasteiger partial charge in [0.15, 0.2) is 0 Å². The molecule has 200 valence electrons. The van der Waals surface area contributed by atoms with Crippen molar-refractivity contribution in [2.45, 2.75) is 25.8 Å². The third-order valence-electron chi connectivity index (χ3n) is 7.53. The highest BCUT2D eigenvalue weighted by Crippen LogP contribution is 2.43. The highest BCUT2D eigenvalue weighted by molar-refractivity contribution is 6.43. The number of carbonyl (C=O) groups excluding carboxylic acids is 2. The molecular formula is C30H31N5O4. The van der Waals surface area contributed by atoms with Crippen LogP contribution in [0.1, 0.15) is 30.9 Å². The Morgan fingerprint density at radius 3 is 2.31 bits per heavy atom. The number of hydrogen-bond donors (Lipinski definition) is 1. The third kappa shape index (κ3) is 5.13. The van der Waals surface area contributed by atoms with Crippen molar-refractivity contribution >= 4 is 45.8 Å². The van der Waals surface area contributed by atoms with Crippen LogP contribution in [-0.2, 0) is 9.59 Å². The number of benzene rings is 3. The molecule has 2 aliphatic rings. The number of fused-ring (bicyclic) bond motifs is 1. The second kappa shape index (κ2) is 10.7. The van der Waals surface area contributed by atoms with Gasteiger partial charge >= 0.3 is 0 Å². The first-order valence-electron chi connectivity index (χ1n) is 13.0. The highest BCUT2D eigenvalue weighted by atomic mass is 16.6. The Balaban J connectivity index is 1.54. The predicted octanol–water partition coefficient (Wildman–Crippen LogP) is 5.00. The Labute approximate surface area is 227 Å². The second-order valence-electron chi connectivity index (χ2n) is 10.1. The molecule has 1 fully saturated rings. The predicted molar refractivity (Wildman–Crippen MR) is 154 cm³/mol. The summed E-state index contributed by atoms with van der Waals surface area (Å²) in [5, 5.41) is 14.8. The molecular weight excluding hydrogens is 494 g/mol. The molecule has 1 saturated heterocycles. The molecule has 0 atom stereocenters. The van der Waals surface area contributed by atoms with E-state index >= 15 is 0 Å². The summed E-state index contributed by atoms with van der Waals surface area (Å²) >= 11 is 0. The topological polar surface area (TPSA) is 99.0 Å². The largest absolute Gasteiger partial charge is 0.372 e. The second-order valence-corrected chi connectivity index (χ2v) is 10.1. The van der Waals surface area contributed by atoms with Crippen LogP contribution in [0.4, 0.5) is 22.7 Å². The molecule has 5 rings (SSSR count). The number of likely N-dealkylation sites (tertiary alicyclic amines) is 1. The molecule has 2 heterocycles. The lowest BCUT2D eigenvalue weighted by Gasteiger charge is -2.36. The summed E-state index contributed by atoms with van der Waals surface area (Å²) in [5.74, 6) is -1.03. The lowest BCUT2D eigenvalue weighted by molar-refractivity contribution is -0.384. The van der Waals surface area contributed by atoms with Crippen LogP contribution < -0.4 is 15.1 Å². The zero-order valence-corrected chi connectivity index (χ0v) is 22.3. The first-order chi connectivity index (χ1) is 18.7. The van der Waals surface area contributed by atoms with Crippen molar-refractivity contribution in [3.63, 3.8) is 0 Å². The summed E-state index contributed by atoms with van der Waals surface area (Å²) in [6.45, 7) is 3.44. The number of hydrogen-bond acceptors (Lipinski definition) is 7. The normalized spacial score (nSPS) is 17.1. The van der Waals surface area contributed by atoms with Crippen LogP contribution in [0, 0.1) is 10.1 Å². The Bertz CT molecular complexity index is 1440. The van der Waals surface area contributed by atoms with Crippen LogP contribution in [0.25, 0.3) is 11.3 Å². The van der Waals surface area contributed by atoms with Gasteiger partial charge in [-0.15, -0.1) is 0 Å². The fourth-order valence-electron chi connectivity index (χ4n) is 5.32. The maximum atomic E-state index is 13.7. The van der Waals surface area contributed by atoms with E-state index < -0.39 is 16.7 Å². The summed E-state index contributed by atoms with van der Waals surface area (Å²) in [7, 11) is 4.28. The minimum Gasteiger partial charge on any atom is -0.372 e. The molecule has 0 unspecified atom stereocenters. The van der Waals surface area contributed by atoms with Gasteiger partial charge in [0.1, 0.15) is 0 Å². The standard InChI is InChI=1S/C30H31N5O4/c1-20(36)34-27-19-25(35(38)39)13-14-26(27)28(30(34)37)29(21-7-5-4-6-8-21)31-22-9-11-23(12-10-22)33(3)24-15-17-32(2)18-16-24/h4-14,19,24,31H,15-18H2,1-3H3/b29-28-. The molecule has 9 nitrogen and oxygen atoms in total. The van der Waals surface area contributed by atoms with E-state index in [9.17, 15) is 19.7 Å². The molecule has 0 aliphatic carbocycles. The average molecular weight is 526 g/mol. The minimum absolute atomic E-state index is 0.187. The summed E-state index contributed by atoms with van der Waals surface area (Å²) in [6.07, 6.45) is 2.23. The van der Waals surface area contributed by atoms with Gasteiger partial charge in [-0.05, 0) is 68.9 Å². The van der Waals surface area contributed by atoms with E-state index in [1.54, 1.807) is 0 Å². The summed E-state index contributed by atoms with van der Waals surface area (Å²) in [6, 6.07) is 22.1. The van der Waals surface area contributed by atoms with E-state index in [0.717, 1.165) is 47.8 Å². The van der Waals surface area contributed by atoms with Crippen molar-refractivity contribution in [3.05, 3.63) is 94.0 Å². The zero-order chi connectivity index (χ0) is 27.7. The van der Waals surface area contributed by atoms with Gasteiger partial charge in [0.05, 0.1) is 21.9 Å². The van der Waals surface area contributed by atoms with Crippen molar-refractivity contribution in [1.29, 1.82) is 0 Å². The van der Waals surface area contributed by atoms with Crippen LogP contribution in [0.3, 0.4) is 0 Å². The summed E-state index contributed by atoms with van der Waals surface area (Å²) < 4.78 is 0. The molecule has 39 heavy (non-hydrogen) atoms. The van der Waals surface area contributed by atoms with E-state index in [2.05, 4.69) is 41.3 Å². The first kappa shape index (κ1) is 26.1. The Morgan fingerprint density at radius 2 is 1.69 bits per heavy atom. The molecule has 0 radical (unpaired) electrons. The maximum Gasteiger partial charge on any atom is 0.271 e. The number of nitro groups is 1. The molecule has 2 aliphatic heterocycles. The van der Waals surface area contributed by atoms with Crippen LogP contribution in [0.5, 0.6) is 0 Å². The lowest BCUT2D eigenvalue weighted by atomic mass is 9.99. The first-order valence-corrected chi connectivity index (χ1v) is 13.0.